The molecule has 1 aliphatic rings. The quantitative estimate of drug-likeness (QED) is 0.449. The molecule has 4 rings (SSSR count). The highest BCUT2D eigenvalue weighted by Crippen LogP contribution is 2.27. The largest absolute Gasteiger partial charge is 0.337 e. The van der Waals surface area contributed by atoms with Crippen LogP contribution < -0.4 is 5.32 Å². The van der Waals surface area contributed by atoms with Gasteiger partial charge in [0.05, 0.1) is 6.54 Å². The summed E-state index contributed by atoms with van der Waals surface area (Å²) in [6, 6.07) is 7.67. The minimum Gasteiger partial charge on any atom is -0.337 e. The predicted molar refractivity (Wildman–Crippen MR) is 124 cm³/mol. The molecule has 172 valence electrons. The van der Waals surface area contributed by atoms with Crippen molar-refractivity contribution in [1.82, 2.24) is 14.5 Å². The van der Waals surface area contributed by atoms with E-state index in [4.69, 9.17) is 11.6 Å². The maximum Gasteiger partial charge on any atom is 0.248 e. The fraction of sp³-hybridized carbons (Fsp3) is 0.333. The van der Waals surface area contributed by atoms with Crippen LogP contribution in [0.1, 0.15) is 34.8 Å². The second-order valence-electron chi connectivity index (χ2n) is 8.41. The highest BCUT2D eigenvalue weighted by Gasteiger charge is 2.40. The zero-order valence-electron chi connectivity index (χ0n) is 18.6. The highest BCUT2D eigenvalue weighted by atomic mass is 35.5. The Morgan fingerprint density at radius 3 is 2.64 bits per heavy atom. The number of nitrogens with zero attached hydrogens (tertiary/aromatic N) is 3. The monoisotopic (exact) mass is 470 g/mol. The maximum atomic E-state index is 14.3. The molecule has 33 heavy (non-hydrogen) atoms. The minimum atomic E-state index is -1.31. The van der Waals surface area contributed by atoms with Crippen molar-refractivity contribution in [3.8, 4) is 0 Å². The van der Waals surface area contributed by atoms with Crippen LogP contribution in [0, 0.1) is 13.8 Å². The number of rotatable bonds is 5. The van der Waals surface area contributed by atoms with Crippen molar-refractivity contribution in [2.75, 3.05) is 11.9 Å². The lowest BCUT2D eigenvalue weighted by Crippen LogP contribution is -2.44. The van der Waals surface area contributed by atoms with Crippen LogP contribution in [0.3, 0.4) is 0 Å². The van der Waals surface area contributed by atoms with Crippen LogP contribution in [0.2, 0.25) is 5.15 Å². The molecule has 1 fully saturated rings. The Morgan fingerprint density at radius 1 is 1.21 bits per heavy atom. The minimum absolute atomic E-state index is 0.0957. The van der Waals surface area contributed by atoms with Gasteiger partial charge >= 0.3 is 0 Å². The number of nitrogens with one attached hydrogen (secondary N) is 1. The average molecular weight is 471 g/mol. The molecule has 2 amide bonds. The molecule has 0 radical (unpaired) electrons. The van der Waals surface area contributed by atoms with E-state index in [1.807, 2.05) is 26.0 Å². The number of benzene rings is 1. The molecule has 0 unspecified atom stereocenters. The number of alkyl halides is 1. The topological polar surface area (TPSA) is 84.3 Å². The second kappa shape index (κ2) is 8.94. The summed E-state index contributed by atoms with van der Waals surface area (Å²) in [6.45, 7) is 5.12. The van der Waals surface area contributed by atoms with Gasteiger partial charge in [-0.15, -0.1) is 0 Å². The van der Waals surface area contributed by atoms with Crippen LogP contribution in [0.15, 0.2) is 36.5 Å². The third-order valence-electron chi connectivity index (χ3n) is 6.02. The molecule has 1 aliphatic heterocycles. The normalized spacial score (nSPS) is 18.0. The number of fused-ring (bicyclic) bond motifs is 1. The van der Waals surface area contributed by atoms with Crippen molar-refractivity contribution in [1.29, 1.82) is 0 Å². The van der Waals surface area contributed by atoms with Crippen molar-refractivity contribution in [3.63, 3.8) is 0 Å². The van der Waals surface area contributed by atoms with Crippen molar-refractivity contribution in [2.45, 2.75) is 46.0 Å². The van der Waals surface area contributed by atoms with Crippen molar-refractivity contribution < 1.29 is 18.8 Å². The van der Waals surface area contributed by atoms with Gasteiger partial charge in [0.15, 0.2) is 5.78 Å². The third kappa shape index (κ3) is 4.61. The lowest BCUT2D eigenvalue weighted by atomic mass is 10.0. The van der Waals surface area contributed by atoms with Gasteiger partial charge in [0.2, 0.25) is 11.8 Å². The number of carbonyl (C=O) groups excluding carboxylic acids is 3. The molecule has 0 aliphatic carbocycles. The third-order valence-corrected chi connectivity index (χ3v) is 6.23. The number of pyridine rings is 1. The summed E-state index contributed by atoms with van der Waals surface area (Å²) in [5, 5.41) is 3.59. The SMILES string of the molecule is CC(=O)c1cn(CC(=O)N2C[C@H](F)C[C@H]2C(=O)Nc2cccc(Cl)n2)c2cc(C)c(C)cc12. The molecule has 0 saturated carbocycles. The van der Waals surface area contributed by atoms with E-state index in [2.05, 4.69) is 10.3 Å². The average Bonchev–Trinajstić information content (AvgIpc) is 3.29. The second-order valence-corrected chi connectivity index (χ2v) is 8.80. The molecule has 7 nitrogen and oxygen atoms in total. The Bertz CT molecular complexity index is 1270. The first kappa shape index (κ1) is 22.9. The number of aromatic nitrogens is 2. The van der Waals surface area contributed by atoms with Crippen LogP contribution in [-0.2, 0) is 16.1 Å². The molecular weight excluding hydrogens is 447 g/mol. The van der Waals surface area contributed by atoms with Gasteiger partial charge in [-0.25, -0.2) is 9.37 Å². The molecule has 3 heterocycles. The van der Waals surface area contributed by atoms with Gasteiger partial charge in [0.1, 0.15) is 29.7 Å². The zero-order chi connectivity index (χ0) is 23.9. The molecule has 3 aromatic rings. The van der Waals surface area contributed by atoms with Crippen LogP contribution in [-0.4, -0.2) is 50.8 Å². The number of hydrogen-bond acceptors (Lipinski definition) is 4. The number of anilines is 1. The summed E-state index contributed by atoms with van der Waals surface area (Å²) >= 11 is 5.86. The van der Waals surface area contributed by atoms with E-state index in [0.717, 1.165) is 22.0 Å². The molecule has 1 N–H and O–H groups in total. The van der Waals surface area contributed by atoms with Crippen LogP contribution in [0.25, 0.3) is 10.9 Å². The summed E-state index contributed by atoms with van der Waals surface area (Å²) in [5.74, 6) is -0.799. The molecule has 9 heteroatoms. The number of ketones is 1. The van der Waals surface area contributed by atoms with E-state index < -0.39 is 24.0 Å². The lowest BCUT2D eigenvalue weighted by molar-refractivity contribution is -0.137. The Hall–Kier alpha value is -3.26. The van der Waals surface area contributed by atoms with Crippen LogP contribution in [0.5, 0.6) is 0 Å². The fourth-order valence-corrected chi connectivity index (χ4v) is 4.36. The number of carbonyl (C=O) groups is 3. The van der Waals surface area contributed by atoms with Gasteiger partial charge in [0, 0.05) is 29.1 Å². The van der Waals surface area contributed by atoms with Crippen molar-refractivity contribution >= 4 is 45.9 Å². The van der Waals surface area contributed by atoms with E-state index in [0.29, 0.717) is 5.56 Å². The number of aryl methyl sites for hydroxylation is 2. The predicted octanol–water partition coefficient (Wildman–Crippen LogP) is 4.09. The van der Waals surface area contributed by atoms with Crippen molar-refractivity contribution in [2.24, 2.45) is 0 Å². The van der Waals surface area contributed by atoms with E-state index in [1.54, 1.807) is 29.0 Å². The first-order valence-corrected chi connectivity index (χ1v) is 11.0. The number of halogens is 2. The summed E-state index contributed by atoms with van der Waals surface area (Å²) in [7, 11) is 0. The van der Waals surface area contributed by atoms with E-state index >= 15 is 0 Å². The van der Waals surface area contributed by atoms with Crippen LogP contribution >= 0.6 is 11.6 Å². The molecule has 1 saturated heterocycles. The molecule has 0 bridgehead atoms. The first-order valence-electron chi connectivity index (χ1n) is 10.6. The van der Waals surface area contributed by atoms with E-state index in [9.17, 15) is 18.8 Å². The number of hydrogen-bond donors (Lipinski definition) is 1. The number of Topliss-reactive ketones (excluding diaryl/α,β-unsaturated/α-hetero) is 1. The summed E-state index contributed by atoms with van der Waals surface area (Å²) in [6.07, 6.45) is 0.246. The van der Waals surface area contributed by atoms with Gasteiger partial charge in [0.25, 0.3) is 0 Å². The van der Waals surface area contributed by atoms with Gasteiger partial charge in [-0.3, -0.25) is 14.4 Å². The summed E-state index contributed by atoms with van der Waals surface area (Å²) in [4.78, 5) is 43.4. The number of amides is 2. The smallest absolute Gasteiger partial charge is 0.248 e. The fourth-order valence-electron chi connectivity index (χ4n) is 4.19. The Kier molecular flexibility index (Phi) is 6.21. The highest BCUT2D eigenvalue weighted by molar-refractivity contribution is 6.29. The molecule has 2 aromatic heterocycles. The first-order chi connectivity index (χ1) is 15.6. The Balaban J connectivity index is 1.59. The molecule has 0 spiro atoms. The molecular formula is C24H24ClFN4O3. The van der Waals surface area contributed by atoms with Gasteiger partial charge in [-0.1, -0.05) is 17.7 Å². The summed E-state index contributed by atoms with van der Waals surface area (Å²) in [5.41, 5.74) is 3.34. The lowest BCUT2D eigenvalue weighted by Gasteiger charge is -2.24. The van der Waals surface area contributed by atoms with Gasteiger partial charge < -0.3 is 14.8 Å². The Labute approximate surface area is 195 Å². The van der Waals surface area contributed by atoms with Gasteiger partial charge in [-0.05, 0) is 56.2 Å². The van der Waals surface area contributed by atoms with E-state index in [-0.39, 0.29) is 36.3 Å². The molecule has 2 atom stereocenters. The number of likely N-dealkylation sites (tertiary alicyclic amines) is 1. The van der Waals surface area contributed by atoms with E-state index in [1.165, 1.54) is 11.8 Å². The zero-order valence-corrected chi connectivity index (χ0v) is 19.3. The van der Waals surface area contributed by atoms with Crippen LogP contribution in [0.4, 0.5) is 10.2 Å². The summed E-state index contributed by atoms with van der Waals surface area (Å²) < 4.78 is 16.0. The van der Waals surface area contributed by atoms with Gasteiger partial charge in [-0.2, -0.15) is 0 Å². The van der Waals surface area contributed by atoms with Crippen molar-refractivity contribution in [3.05, 3.63) is 58.4 Å². The Morgan fingerprint density at radius 2 is 1.94 bits per heavy atom. The standard InChI is InChI=1S/C24H24ClFN4O3/c1-13-7-17-18(15(3)31)11-29(19(17)8-14(13)2)12-23(32)30-10-16(26)9-20(30)24(33)28-22-6-4-5-21(25)27-22/h4-8,11,16,20H,9-10,12H2,1-3H3,(H,27,28,33)/t16-,20+/m1/s1. The maximum absolute atomic E-state index is 14.3. The molecule has 1 aromatic carbocycles.